The van der Waals surface area contributed by atoms with E-state index < -0.39 is 0 Å². The Labute approximate surface area is 181 Å². The molecule has 0 N–H and O–H groups in total. The molecule has 4 aromatic rings. The van der Waals surface area contributed by atoms with Gasteiger partial charge < -0.3 is 4.90 Å². The monoisotopic (exact) mass is 397 g/mol. The summed E-state index contributed by atoms with van der Waals surface area (Å²) in [6.07, 6.45) is 1.68. The molecule has 4 aromatic carbocycles. The summed E-state index contributed by atoms with van der Waals surface area (Å²) < 4.78 is 0. The van der Waals surface area contributed by atoms with Gasteiger partial charge in [-0.05, 0) is 66.8 Å². The quantitative estimate of drug-likeness (QED) is 0.226. The zero-order valence-electron chi connectivity index (χ0n) is 17.3. The normalized spacial score (nSPS) is 12.3. The fourth-order valence-corrected chi connectivity index (χ4v) is 4.35. The van der Waals surface area contributed by atoms with Crippen LogP contribution in [0.3, 0.4) is 0 Å². The Morgan fingerprint density at radius 2 is 1.65 bits per heavy atom. The minimum Gasteiger partial charge on any atom is -0.309 e. The predicted octanol–water partition coefficient (Wildman–Crippen LogP) is 7.69. The Balaban J connectivity index is 1.88. The van der Waals surface area contributed by atoms with Crippen molar-refractivity contribution in [2.45, 2.75) is 13.8 Å². The summed E-state index contributed by atoms with van der Waals surface area (Å²) in [6.45, 7) is 11.5. The van der Waals surface area contributed by atoms with Crippen LogP contribution in [0, 0.1) is 31.8 Å². The van der Waals surface area contributed by atoms with Crippen molar-refractivity contribution in [2.75, 3.05) is 4.90 Å². The molecule has 1 aliphatic heterocycles. The summed E-state index contributed by atoms with van der Waals surface area (Å²) >= 11 is 0. The van der Waals surface area contributed by atoms with Gasteiger partial charge in [-0.1, -0.05) is 53.6 Å². The average molecular weight is 397 g/mol. The van der Waals surface area contributed by atoms with Crippen molar-refractivity contribution in [3.8, 4) is 17.2 Å². The van der Waals surface area contributed by atoms with Crippen molar-refractivity contribution < 1.29 is 0 Å². The molecular formula is C28H19N3. The van der Waals surface area contributed by atoms with Crippen LogP contribution in [0.15, 0.2) is 78.5 Å². The Bertz CT molecular complexity index is 1450. The molecule has 146 valence electrons. The number of rotatable bonds is 2. The first-order chi connectivity index (χ1) is 15.1. The van der Waals surface area contributed by atoms with Gasteiger partial charge in [-0.15, -0.1) is 0 Å². The molecule has 0 aromatic heterocycles. The van der Waals surface area contributed by atoms with Gasteiger partial charge in [0.15, 0.2) is 0 Å². The summed E-state index contributed by atoms with van der Waals surface area (Å²) in [5.74, 6) is 0. The first kappa shape index (κ1) is 18.7. The summed E-state index contributed by atoms with van der Waals surface area (Å²) in [5, 5.41) is 11.4. The lowest BCUT2D eigenvalue weighted by Gasteiger charge is -2.34. The Morgan fingerprint density at radius 3 is 2.39 bits per heavy atom. The SMILES string of the molecule is [C-]#[N+]/C(C#N)=C\c1ccc2c3c(cccc13)-c1cc(C)ccc1N2c1ccc(C)cc1. The third kappa shape index (κ3) is 2.96. The molecule has 0 saturated carbocycles. The number of anilines is 3. The van der Waals surface area contributed by atoms with Crippen molar-refractivity contribution in [3.63, 3.8) is 0 Å². The van der Waals surface area contributed by atoms with E-state index in [1.165, 1.54) is 22.3 Å². The molecule has 1 heterocycles. The minimum atomic E-state index is 0.0862. The van der Waals surface area contributed by atoms with Gasteiger partial charge in [-0.3, -0.25) is 0 Å². The van der Waals surface area contributed by atoms with Crippen molar-refractivity contribution >= 4 is 33.9 Å². The van der Waals surface area contributed by atoms with Crippen LogP contribution in [0.2, 0.25) is 0 Å². The fourth-order valence-electron chi connectivity index (χ4n) is 4.35. The molecule has 0 atom stereocenters. The number of aryl methyl sites for hydroxylation is 2. The van der Waals surface area contributed by atoms with E-state index >= 15 is 0 Å². The number of allylic oxidation sites excluding steroid dienone is 1. The smallest absolute Gasteiger partial charge is 0.262 e. The lowest BCUT2D eigenvalue weighted by atomic mass is 9.88. The van der Waals surface area contributed by atoms with E-state index in [-0.39, 0.29) is 5.70 Å². The van der Waals surface area contributed by atoms with Gasteiger partial charge in [0.2, 0.25) is 0 Å². The van der Waals surface area contributed by atoms with Crippen molar-refractivity contribution in [2.24, 2.45) is 0 Å². The third-order valence-electron chi connectivity index (χ3n) is 5.80. The second-order valence-corrected chi connectivity index (χ2v) is 7.85. The zero-order valence-corrected chi connectivity index (χ0v) is 17.3. The largest absolute Gasteiger partial charge is 0.309 e. The molecule has 0 aliphatic carbocycles. The maximum Gasteiger partial charge on any atom is 0.262 e. The maximum atomic E-state index is 9.26. The highest BCUT2D eigenvalue weighted by molar-refractivity contribution is 6.15. The van der Waals surface area contributed by atoms with E-state index in [2.05, 4.69) is 90.3 Å². The van der Waals surface area contributed by atoms with Gasteiger partial charge in [0.1, 0.15) is 0 Å². The third-order valence-corrected chi connectivity index (χ3v) is 5.80. The number of fused-ring (bicyclic) bond motifs is 2. The molecule has 5 rings (SSSR count). The van der Waals surface area contributed by atoms with E-state index in [9.17, 15) is 5.26 Å². The summed E-state index contributed by atoms with van der Waals surface area (Å²) in [5.41, 5.74) is 9.11. The second-order valence-electron chi connectivity index (χ2n) is 7.85. The summed E-state index contributed by atoms with van der Waals surface area (Å²) in [6, 6.07) is 27.5. The first-order valence-electron chi connectivity index (χ1n) is 10.1. The van der Waals surface area contributed by atoms with Crippen LogP contribution in [0.4, 0.5) is 17.1 Å². The van der Waals surface area contributed by atoms with Crippen LogP contribution in [0.25, 0.3) is 32.8 Å². The summed E-state index contributed by atoms with van der Waals surface area (Å²) in [4.78, 5) is 5.65. The van der Waals surface area contributed by atoms with Crippen LogP contribution in [-0.2, 0) is 0 Å². The van der Waals surface area contributed by atoms with Gasteiger partial charge in [0, 0.05) is 16.6 Å². The van der Waals surface area contributed by atoms with Crippen LogP contribution >= 0.6 is 0 Å². The highest BCUT2D eigenvalue weighted by atomic mass is 15.2. The van der Waals surface area contributed by atoms with Crippen molar-refractivity contribution in [1.29, 1.82) is 5.26 Å². The number of benzene rings is 4. The van der Waals surface area contributed by atoms with Crippen LogP contribution < -0.4 is 4.90 Å². The molecule has 31 heavy (non-hydrogen) atoms. The predicted molar refractivity (Wildman–Crippen MR) is 127 cm³/mol. The van der Waals surface area contributed by atoms with E-state index in [4.69, 9.17) is 6.57 Å². The molecule has 0 amide bonds. The lowest BCUT2D eigenvalue weighted by molar-refractivity contribution is 1.27. The standard InChI is InChI=1S/C28H19N3/c1-18-7-11-22(12-8-18)31-26-13-9-19(2)15-25(26)24-6-4-5-23-20(16-21(17-29)30-3)10-14-27(31)28(23)24/h4-16H,1-2H3/b21-16-. The number of nitrogens with zero attached hydrogens (tertiary/aromatic N) is 3. The highest BCUT2D eigenvalue weighted by Crippen LogP contribution is 2.51. The maximum absolute atomic E-state index is 9.26. The number of nitriles is 1. The van der Waals surface area contributed by atoms with Gasteiger partial charge in [0.05, 0.1) is 24.0 Å². The average Bonchev–Trinajstić information content (AvgIpc) is 2.80. The molecule has 0 spiro atoms. The Kier molecular flexibility index (Phi) is 4.32. The first-order valence-corrected chi connectivity index (χ1v) is 10.1. The zero-order chi connectivity index (χ0) is 21.5. The molecular weight excluding hydrogens is 378 g/mol. The molecule has 0 bridgehead atoms. The highest BCUT2D eigenvalue weighted by Gasteiger charge is 2.26. The molecule has 1 aliphatic rings. The Hall–Kier alpha value is -4.34. The number of hydrogen-bond donors (Lipinski definition) is 0. The summed E-state index contributed by atoms with van der Waals surface area (Å²) in [7, 11) is 0. The van der Waals surface area contributed by atoms with Crippen molar-refractivity contribution in [3.05, 3.63) is 107 Å². The lowest BCUT2D eigenvalue weighted by Crippen LogP contribution is -2.15. The molecule has 0 saturated heterocycles. The topological polar surface area (TPSA) is 31.4 Å². The van der Waals surface area contributed by atoms with E-state index in [0.29, 0.717) is 0 Å². The molecule has 0 radical (unpaired) electrons. The van der Waals surface area contributed by atoms with Gasteiger partial charge in [-0.25, -0.2) is 10.1 Å². The minimum absolute atomic E-state index is 0.0862. The molecule has 3 nitrogen and oxygen atoms in total. The van der Waals surface area contributed by atoms with Crippen molar-refractivity contribution in [1.82, 2.24) is 0 Å². The fraction of sp³-hybridized carbons (Fsp3) is 0.0714. The van der Waals surface area contributed by atoms with Crippen LogP contribution in [-0.4, -0.2) is 0 Å². The van der Waals surface area contributed by atoms with E-state index in [1.807, 2.05) is 12.1 Å². The molecule has 0 fully saturated rings. The van der Waals surface area contributed by atoms with Crippen LogP contribution in [0.5, 0.6) is 0 Å². The Morgan fingerprint density at radius 1 is 0.903 bits per heavy atom. The second kappa shape index (κ2) is 7.17. The van der Waals surface area contributed by atoms with Gasteiger partial charge in [-0.2, -0.15) is 0 Å². The number of hydrogen-bond acceptors (Lipinski definition) is 2. The van der Waals surface area contributed by atoms with Gasteiger partial charge in [0.25, 0.3) is 5.70 Å². The van der Waals surface area contributed by atoms with Crippen LogP contribution in [0.1, 0.15) is 16.7 Å². The van der Waals surface area contributed by atoms with E-state index in [1.54, 1.807) is 6.08 Å². The van der Waals surface area contributed by atoms with Gasteiger partial charge >= 0.3 is 0 Å². The molecule has 3 heteroatoms. The van der Waals surface area contributed by atoms with E-state index in [0.717, 1.165) is 33.4 Å². The molecule has 0 unspecified atom stereocenters.